The molecule has 0 bridgehead atoms. The third-order valence-corrected chi connectivity index (χ3v) is 4.14. The molecule has 1 atom stereocenters. The van der Waals surface area contributed by atoms with E-state index in [9.17, 15) is 4.79 Å². The average molecular weight is 238 g/mol. The minimum absolute atomic E-state index is 0.0902. The van der Waals surface area contributed by atoms with E-state index in [1.807, 2.05) is 38.1 Å². The number of hydrogen-bond donors (Lipinski definition) is 1. The van der Waals surface area contributed by atoms with Crippen LogP contribution in [0.2, 0.25) is 5.02 Å². The molecule has 1 aromatic carbocycles. The van der Waals surface area contributed by atoms with Gasteiger partial charge in [0, 0.05) is 22.4 Å². The van der Waals surface area contributed by atoms with Crippen molar-refractivity contribution in [3.63, 3.8) is 0 Å². The average Bonchev–Trinajstić information content (AvgIpc) is 2.36. The number of hydrogen-bond acceptors (Lipinski definition) is 1. The lowest BCUT2D eigenvalue weighted by Crippen LogP contribution is -2.48. The Kier molecular flexibility index (Phi) is 2.50. The van der Waals surface area contributed by atoms with E-state index in [0.29, 0.717) is 6.42 Å². The van der Waals surface area contributed by atoms with E-state index < -0.39 is 0 Å². The van der Waals surface area contributed by atoms with Crippen LogP contribution in [0.1, 0.15) is 32.8 Å². The van der Waals surface area contributed by atoms with E-state index in [4.69, 9.17) is 11.6 Å². The number of nitrogens with one attached hydrogen (secondary N) is 1. The minimum atomic E-state index is -0.269. The van der Waals surface area contributed by atoms with Crippen molar-refractivity contribution in [2.24, 2.45) is 0 Å². The first-order valence-corrected chi connectivity index (χ1v) is 5.81. The van der Waals surface area contributed by atoms with Crippen molar-refractivity contribution in [3.05, 3.63) is 34.9 Å². The molecule has 2 rings (SSSR count). The second-order valence-electron chi connectivity index (χ2n) is 5.16. The number of carbonyl (C=O) groups excluding carboxylic acids is 1. The zero-order valence-corrected chi connectivity index (χ0v) is 10.6. The van der Waals surface area contributed by atoms with Gasteiger partial charge in [0.1, 0.15) is 0 Å². The molecule has 0 aromatic heterocycles. The molecule has 3 heteroatoms. The molecule has 86 valence electrons. The third kappa shape index (κ3) is 1.52. The van der Waals surface area contributed by atoms with Gasteiger partial charge >= 0.3 is 0 Å². The summed E-state index contributed by atoms with van der Waals surface area (Å²) in [5.41, 5.74) is 0.525. The number of halogens is 1. The summed E-state index contributed by atoms with van der Waals surface area (Å²) in [6, 6.07) is 7.75. The van der Waals surface area contributed by atoms with E-state index in [0.717, 1.165) is 10.6 Å². The Morgan fingerprint density at radius 1 is 1.25 bits per heavy atom. The van der Waals surface area contributed by atoms with E-state index >= 15 is 0 Å². The number of amides is 1. The minimum Gasteiger partial charge on any atom is -0.350 e. The molecule has 1 saturated heterocycles. The summed E-state index contributed by atoms with van der Waals surface area (Å²) >= 11 is 6.23. The van der Waals surface area contributed by atoms with Gasteiger partial charge in [0.05, 0.1) is 0 Å². The lowest BCUT2D eigenvalue weighted by atomic mass is 9.69. The first-order valence-electron chi connectivity index (χ1n) is 5.43. The van der Waals surface area contributed by atoms with Gasteiger partial charge in [-0.05, 0) is 25.5 Å². The van der Waals surface area contributed by atoms with Crippen LogP contribution in [-0.4, -0.2) is 11.4 Å². The molecule has 1 N–H and O–H groups in total. The van der Waals surface area contributed by atoms with Crippen LogP contribution in [0.5, 0.6) is 0 Å². The molecule has 1 aliphatic heterocycles. The number of benzene rings is 1. The molecule has 0 radical (unpaired) electrons. The van der Waals surface area contributed by atoms with Gasteiger partial charge in [-0.25, -0.2) is 0 Å². The first-order chi connectivity index (χ1) is 7.37. The zero-order chi connectivity index (χ0) is 12.0. The lowest BCUT2D eigenvalue weighted by molar-refractivity contribution is -0.119. The van der Waals surface area contributed by atoms with Gasteiger partial charge < -0.3 is 5.32 Å². The molecule has 0 aliphatic carbocycles. The number of carbonyl (C=O) groups is 1. The van der Waals surface area contributed by atoms with Crippen LogP contribution in [-0.2, 0) is 10.2 Å². The Morgan fingerprint density at radius 2 is 1.88 bits per heavy atom. The maximum Gasteiger partial charge on any atom is 0.221 e. The fourth-order valence-corrected chi connectivity index (χ4v) is 2.76. The monoisotopic (exact) mass is 237 g/mol. The molecule has 1 heterocycles. The molecule has 0 spiro atoms. The molecule has 1 unspecified atom stereocenters. The van der Waals surface area contributed by atoms with Gasteiger partial charge in [0.15, 0.2) is 0 Å². The van der Waals surface area contributed by atoms with Crippen LogP contribution in [0, 0.1) is 0 Å². The maximum absolute atomic E-state index is 11.6. The summed E-state index contributed by atoms with van der Waals surface area (Å²) in [6.45, 7) is 6.18. The Bertz CT molecular complexity index is 441. The third-order valence-electron chi connectivity index (χ3n) is 3.81. The Hall–Kier alpha value is -1.02. The Morgan fingerprint density at radius 3 is 2.38 bits per heavy atom. The predicted octanol–water partition coefficient (Wildman–Crippen LogP) is 2.90. The molecule has 1 aliphatic rings. The summed E-state index contributed by atoms with van der Waals surface area (Å²) < 4.78 is 0. The highest BCUT2D eigenvalue weighted by atomic mass is 35.5. The normalized spacial score (nSPS) is 27.9. The molecule has 2 nitrogen and oxygen atoms in total. The van der Waals surface area contributed by atoms with Gasteiger partial charge in [0.2, 0.25) is 5.91 Å². The van der Waals surface area contributed by atoms with E-state index in [1.54, 1.807) is 0 Å². The van der Waals surface area contributed by atoms with Crippen LogP contribution >= 0.6 is 11.6 Å². The SMILES string of the molecule is CC1(C)NC(=O)CC1(C)c1ccccc1Cl. The summed E-state index contributed by atoms with van der Waals surface area (Å²) in [5, 5.41) is 3.74. The van der Waals surface area contributed by atoms with Gasteiger partial charge in [-0.15, -0.1) is 0 Å². The fraction of sp³-hybridized carbons (Fsp3) is 0.462. The van der Waals surface area contributed by atoms with Crippen LogP contribution in [0.15, 0.2) is 24.3 Å². The van der Waals surface area contributed by atoms with Crippen LogP contribution in [0.3, 0.4) is 0 Å². The van der Waals surface area contributed by atoms with Gasteiger partial charge in [0.25, 0.3) is 0 Å². The van der Waals surface area contributed by atoms with Gasteiger partial charge in [-0.3, -0.25) is 4.79 Å². The van der Waals surface area contributed by atoms with Crippen molar-refractivity contribution in [1.29, 1.82) is 0 Å². The molecular weight excluding hydrogens is 222 g/mol. The second kappa shape index (κ2) is 3.49. The van der Waals surface area contributed by atoms with E-state index in [-0.39, 0.29) is 16.9 Å². The van der Waals surface area contributed by atoms with Crippen molar-refractivity contribution in [2.75, 3.05) is 0 Å². The van der Waals surface area contributed by atoms with Crippen molar-refractivity contribution >= 4 is 17.5 Å². The quantitative estimate of drug-likeness (QED) is 0.800. The lowest BCUT2D eigenvalue weighted by Gasteiger charge is -2.38. The van der Waals surface area contributed by atoms with Crippen molar-refractivity contribution in [2.45, 2.75) is 38.1 Å². The fourth-order valence-electron chi connectivity index (χ4n) is 2.41. The highest BCUT2D eigenvalue weighted by Crippen LogP contribution is 2.44. The highest BCUT2D eigenvalue weighted by molar-refractivity contribution is 6.31. The summed E-state index contributed by atoms with van der Waals surface area (Å²) in [6.07, 6.45) is 0.490. The smallest absolute Gasteiger partial charge is 0.221 e. The summed E-state index contributed by atoms with van der Waals surface area (Å²) in [7, 11) is 0. The summed E-state index contributed by atoms with van der Waals surface area (Å²) in [4.78, 5) is 11.6. The Balaban J connectivity index is 2.55. The van der Waals surface area contributed by atoms with Crippen LogP contribution < -0.4 is 5.32 Å². The molecule has 1 amide bonds. The largest absolute Gasteiger partial charge is 0.350 e. The molecular formula is C13H16ClNO. The zero-order valence-electron chi connectivity index (χ0n) is 9.80. The van der Waals surface area contributed by atoms with E-state index in [2.05, 4.69) is 12.2 Å². The summed E-state index contributed by atoms with van der Waals surface area (Å²) in [5.74, 6) is 0.0902. The highest BCUT2D eigenvalue weighted by Gasteiger charge is 2.50. The molecule has 1 fully saturated rings. The van der Waals surface area contributed by atoms with Gasteiger partial charge in [-0.2, -0.15) is 0 Å². The standard InChI is InChI=1S/C13H16ClNO/c1-12(2)13(3,8-11(16)15-12)9-6-4-5-7-10(9)14/h4-7H,8H2,1-3H3,(H,15,16). The molecule has 0 saturated carbocycles. The molecule has 1 aromatic rings. The van der Waals surface area contributed by atoms with Crippen molar-refractivity contribution < 1.29 is 4.79 Å². The van der Waals surface area contributed by atoms with Crippen molar-refractivity contribution in [1.82, 2.24) is 5.32 Å². The maximum atomic E-state index is 11.6. The van der Waals surface area contributed by atoms with E-state index in [1.165, 1.54) is 0 Å². The van der Waals surface area contributed by atoms with Crippen molar-refractivity contribution in [3.8, 4) is 0 Å². The Labute approximate surface area is 101 Å². The van der Waals surface area contributed by atoms with Crippen LogP contribution in [0.25, 0.3) is 0 Å². The van der Waals surface area contributed by atoms with Crippen LogP contribution in [0.4, 0.5) is 0 Å². The predicted molar refractivity (Wildman–Crippen MR) is 65.6 cm³/mol. The number of rotatable bonds is 1. The van der Waals surface area contributed by atoms with Gasteiger partial charge in [-0.1, -0.05) is 36.7 Å². The topological polar surface area (TPSA) is 29.1 Å². The second-order valence-corrected chi connectivity index (χ2v) is 5.57. The molecule has 16 heavy (non-hydrogen) atoms. The first kappa shape index (κ1) is 11.5.